The standard InChI is InChI=1S/C22H26N2O2/c1-23-11-14-10-20-18(17-4-3-5-19(23)21(14)17)9-15(12-24(20)2)22(26)13-6-7-16(25)8-13/h3-5,8,11,15,18,20,22,26H,6-7,9-10,12H2,1-2H3/t15?,18-,20-,22?/m1/s1. The predicted octanol–water partition coefficient (Wildman–Crippen LogP) is 2.79. The van der Waals surface area contributed by atoms with Crippen LogP contribution < -0.4 is 0 Å². The molecule has 0 spiro atoms. The number of rotatable bonds is 2. The number of aryl methyl sites for hydroxylation is 1. The third-order valence-electron chi connectivity index (χ3n) is 6.90. The van der Waals surface area contributed by atoms with E-state index in [0.29, 0.717) is 18.4 Å². The number of fused-ring (bicyclic) bond motifs is 2. The molecular formula is C22H26N2O2. The number of carbonyl (C=O) groups excluding carboxylic acids is 1. The number of benzene rings is 1. The van der Waals surface area contributed by atoms with Crippen molar-refractivity contribution in [3.8, 4) is 0 Å². The summed E-state index contributed by atoms with van der Waals surface area (Å²) in [5.74, 6) is 0.807. The quantitative estimate of drug-likeness (QED) is 0.906. The molecule has 1 fully saturated rings. The first kappa shape index (κ1) is 16.3. The minimum atomic E-state index is -0.485. The molecule has 0 saturated carbocycles. The van der Waals surface area contributed by atoms with E-state index < -0.39 is 6.10 Å². The van der Waals surface area contributed by atoms with Crippen LogP contribution in [0.5, 0.6) is 0 Å². The van der Waals surface area contributed by atoms with Crippen molar-refractivity contribution in [3.63, 3.8) is 0 Å². The summed E-state index contributed by atoms with van der Waals surface area (Å²) in [5.41, 5.74) is 5.15. The second-order valence-corrected chi connectivity index (χ2v) is 8.45. The van der Waals surface area contributed by atoms with Gasteiger partial charge in [-0.15, -0.1) is 0 Å². The fourth-order valence-electron chi connectivity index (χ4n) is 5.64. The van der Waals surface area contributed by atoms with Crippen LogP contribution in [-0.4, -0.2) is 46.1 Å². The largest absolute Gasteiger partial charge is 0.388 e. The molecule has 1 saturated heterocycles. The minimum Gasteiger partial charge on any atom is -0.388 e. The van der Waals surface area contributed by atoms with Gasteiger partial charge >= 0.3 is 0 Å². The van der Waals surface area contributed by atoms with Gasteiger partial charge in [-0.05, 0) is 55.2 Å². The molecule has 0 radical (unpaired) electrons. The fraction of sp³-hybridized carbons (Fsp3) is 0.500. The van der Waals surface area contributed by atoms with Gasteiger partial charge in [-0.3, -0.25) is 4.79 Å². The van der Waals surface area contributed by atoms with E-state index in [1.54, 1.807) is 6.08 Å². The maximum Gasteiger partial charge on any atom is 0.156 e. The van der Waals surface area contributed by atoms with Crippen molar-refractivity contribution in [1.82, 2.24) is 9.47 Å². The summed E-state index contributed by atoms with van der Waals surface area (Å²) in [6.45, 7) is 0.895. The number of piperidine rings is 1. The van der Waals surface area contributed by atoms with Gasteiger partial charge in [-0.25, -0.2) is 0 Å². The SMILES string of the molecule is CN1CC(C(O)C2=CC(=O)CC2)C[C@@H]2c3cccc4c3c(cn4C)C[C@H]21. The number of hydrogen-bond acceptors (Lipinski definition) is 3. The number of likely N-dealkylation sites (tertiary alicyclic amines) is 1. The average Bonchev–Trinajstić information content (AvgIpc) is 3.20. The van der Waals surface area contributed by atoms with Crippen LogP contribution in [0.4, 0.5) is 0 Å². The summed E-state index contributed by atoms with van der Waals surface area (Å²) in [7, 11) is 4.32. The molecule has 136 valence electrons. The first-order valence-electron chi connectivity index (χ1n) is 9.71. The van der Waals surface area contributed by atoms with Gasteiger partial charge in [-0.1, -0.05) is 12.1 Å². The van der Waals surface area contributed by atoms with Crippen LogP contribution >= 0.6 is 0 Å². The molecule has 5 rings (SSSR count). The molecule has 3 aliphatic rings. The lowest BCUT2D eigenvalue weighted by atomic mass is 9.71. The number of nitrogens with zero attached hydrogens (tertiary/aromatic N) is 2. The summed E-state index contributed by atoms with van der Waals surface area (Å²) in [6.07, 6.45) is 6.86. The number of likely N-dealkylation sites (N-methyl/N-ethyl adjacent to an activating group) is 1. The number of hydrogen-bond donors (Lipinski definition) is 1. The number of carbonyl (C=O) groups is 1. The van der Waals surface area contributed by atoms with Gasteiger partial charge in [0.2, 0.25) is 0 Å². The molecular weight excluding hydrogens is 324 g/mol. The predicted molar refractivity (Wildman–Crippen MR) is 102 cm³/mol. The van der Waals surface area contributed by atoms with E-state index in [0.717, 1.165) is 31.4 Å². The molecule has 4 heteroatoms. The van der Waals surface area contributed by atoms with Gasteiger partial charge in [0.15, 0.2) is 5.78 Å². The summed E-state index contributed by atoms with van der Waals surface area (Å²) < 4.78 is 2.24. The minimum absolute atomic E-state index is 0.164. The Morgan fingerprint density at radius 2 is 2.08 bits per heavy atom. The molecule has 26 heavy (non-hydrogen) atoms. The van der Waals surface area contributed by atoms with Crippen molar-refractivity contribution in [1.29, 1.82) is 0 Å². The van der Waals surface area contributed by atoms with E-state index in [2.05, 4.69) is 48.0 Å². The van der Waals surface area contributed by atoms with Crippen LogP contribution in [-0.2, 0) is 18.3 Å². The molecule has 1 aliphatic heterocycles. The lowest BCUT2D eigenvalue weighted by Crippen LogP contribution is -2.50. The van der Waals surface area contributed by atoms with Crippen molar-refractivity contribution in [2.45, 2.75) is 43.7 Å². The van der Waals surface area contributed by atoms with Crippen LogP contribution in [0.15, 0.2) is 36.0 Å². The first-order chi connectivity index (χ1) is 12.5. The van der Waals surface area contributed by atoms with E-state index in [9.17, 15) is 9.90 Å². The number of aliphatic hydroxyl groups is 1. The van der Waals surface area contributed by atoms with E-state index in [4.69, 9.17) is 0 Å². The molecule has 0 amide bonds. The smallest absolute Gasteiger partial charge is 0.156 e. The van der Waals surface area contributed by atoms with E-state index in [1.165, 1.54) is 22.0 Å². The van der Waals surface area contributed by atoms with Crippen LogP contribution in [0.25, 0.3) is 10.9 Å². The Hall–Kier alpha value is -1.91. The Balaban J connectivity index is 1.52. The summed E-state index contributed by atoms with van der Waals surface area (Å²) in [5, 5.41) is 12.4. The Kier molecular flexibility index (Phi) is 3.63. The van der Waals surface area contributed by atoms with Crippen LogP contribution in [0.1, 0.15) is 36.3 Å². The zero-order valence-electron chi connectivity index (χ0n) is 15.5. The molecule has 2 heterocycles. The average molecular weight is 350 g/mol. The second kappa shape index (κ2) is 5.80. The monoisotopic (exact) mass is 350 g/mol. The lowest BCUT2D eigenvalue weighted by molar-refractivity contribution is -0.114. The van der Waals surface area contributed by atoms with Crippen LogP contribution in [0.3, 0.4) is 0 Å². The maximum atomic E-state index is 11.6. The first-order valence-corrected chi connectivity index (χ1v) is 9.71. The Morgan fingerprint density at radius 1 is 1.23 bits per heavy atom. The van der Waals surface area contributed by atoms with E-state index >= 15 is 0 Å². The van der Waals surface area contributed by atoms with Crippen molar-refractivity contribution >= 4 is 16.7 Å². The highest BCUT2D eigenvalue weighted by Crippen LogP contribution is 2.46. The molecule has 4 nitrogen and oxygen atoms in total. The highest BCUT2D eigenvalue weighted by Gasteiger charge is 2.42. The van der Waals surface area contributed by atoms with Crippen molar-refractivity contribution < 1.29 is 9.90 Å². The lowest BCUT2D eigenvalue weighted by Gasteiger charge is -2.46. The molecule has 0 bridgehead atoms. The molecule has 2 unspecified atom stereocenters. The normalized spacial score (nSPS) is 29.7. The summed E-state index contributed by atoms with van der Waals surface area (Å²) in [6, 6.07) is 7.15. The van der Waals surface area contributed by atoms with Crippen molar-refractivity contribution in [2.75, 3.05) is 13.6 Å². The molecule has 2 aliphatic carbocycles. The number of allylic oxidation sites excluding steroid dienone is 1. The highest BCUT2D eigenvalue weighted by atomic mass is 16.3. The number of aromatic nitrogens is 1. The van der Waals surface area contributed by atoms with Crippen molar-refractivity contribution in [2.24, 2.45) is 13.0 Å². The number of ketones is 1. The summed E-state index contributed by atoms with van der Waals surface area (Å²) in [4.78, 5) is 14.0. The number of aliphatic hydroxyl groups excluding tert-OH is 1. The Bertz CT molecular complexity index is 926. The van der Waals surface area contributed by atoms with E-state index in [1.807, 2.05) is 0 Å². The zero-order chi connectivity index (χ0) is 18.0. The van der Waals surface area contributed by atoms with Crippen LogP contribution in [0.2, 0.25) is 0 Å². The third kappa shape index (κ3) is 2.32. The highest BCUT2D eigenvalue weighted by molar-refractivity contribution is 5.93. The van der Waals surface area contributed by atoms with Gasteiger partial charge in [0.25, 0.3) is 0 Å². The third-order valence-corrected chi connectivity index (χ3v) is 6.90. The topological polar surface area (TPSA) is 45.5 Å². The van der Waals surface area contributed by atoms with E-state index in [-0.39, 0.29) is 11.7 Å². The molecule has 1 aromatic heterocycles. The Labute approximate surface area is 154 Å². The molecule has 1 N–H and O–H groups in total. The fourth-order valence-corrected chi connectivity index (χ4v) is 5.64. The second-order valence-electron chi connectivity index (χ2n) is 8.45. The Morgan fingerprint density at radius 3 is 2.85 bits per heavy atom. The van der Waals surface area contributed by atoms with Gasteiger partial charge in [0.05, 0.1) is 6.10 Å². The maximum absolute atomic E-state index is 11.6. The van der Waals surface area contributed by atoms with Crippen LogP contribution in [0, 0.1) is 5.92 Å². The van der Waals surface area contributed by atoms with Gasteiger partial charge < -0.3 is 14.6 Å². The van der Waals surface area contributed by atoms with Gasteiger partial charge in [0, 0.05) is 55.0 Å². The van der Waals surface area contributed by atoms with Gasteiger partial charge in [0.1, 0.15) is 0 Å². The summed E-state index contributed by atoms with van der Waals surface area (Å²) >= 11 is 0. The molecule has 4 atom stereocenters. The van der Waals surface area contributed by atoms with Crippen molar-refractivity contribution in [3.05, 3.63) is 47.2 Å². The van der Waals surface area contributed by atoms with Gasteiger partial charge in [-0.2, -0.15) is 0 Å². The zero-order valence-corrected chi connectivity index (χ0v) is 15.5. The molecule has 1 aromatic carbocycles. The molecule has 2 aromatic rings.